The molecular weight excluding hydrogens is 501 g/mol. The normalized spacial score (nSPS) is 14.4. The molecule has 0 spiro atoms. The number of carbonyl (C=O) groups is 1. The van der Waals surface area contributed by atoms with Gasteiger partial charge in [0.15, 0.2) is 0 Å². The van der Waals surface area contributed by atoms with Crippen LogP contribution in [0.2, 0.25) is 5.02 Å². The molecule has 4 rings (SSSR count). The van der Waals surface area contributed by atoms with Crippen LogP contribution in [0.15, 0.2) is 48.5 Å². The number of amides is 1. The van der Waals surface area contributed by atoms with Crippen LogP contribution in [0, 0.1) is 0 Å². The molecule has 1 saturated heterocycles. The first-order valence-corrected chi connectivity index (χ1v) is 12.8. The molecule has 0 unspecified atom stereocenters. The maximum atomic E-state index is 13.3. The fraction of sp³-hybridized carbons (Fsp3) is 0.393. The summed E-state index contributed by atoms with van der Waals surface area (Å²) in [7, 11) is 0. The van der Waals surface area contributed by atoms with Crippen LogP contribution in [0.3, 0.4) is 0 Å². The lowest BCUT2D eigenvalue weighted by Crippen LogP contribution is -2.49. The SMILES string of the molecule is CCc1nc(C(C)C)nc(N2CCN(C(=O)c3ccccc3Cl)CC2)c1Cc1cccc(C(F)(F)F)c1. The molecule has 0 bridgehead atoms. The van der Waals surface area contributed by atoms with Gasteiger partial charge in [-0.2, -0.15) is 13.2 Å². The molecule has 1 aliphatic rings. The number of aryl methyl sites for hydroxylation is 1. The van der Waals surface area contributed by atoms with Crippen molar-refractivity contribution in [2.24, 2.45) is 0 Å². The number of benzene rings is 2. The summed E-state index contributed by atoms with van der Waals surface area (Å²) in [4.78, 5) is 26.6. The second-order valence-corrected chi connectivity index (χ2v) is 9.88. The summed E-state index contributed by atoms with van der Waals surface area (Å²) < 4.78 is 40.0. The van der Waals surface area contributed by atoms with E-state index in [4.69, 9.17) is 21.6 Å². The van der Waals surface area contributed by atoms with Gasteiger partial charge >= 0.3 is 6.18 Å². The molecule has 5 nitrogen and oxygen atoms in total. The Balaban J connectivity index is 1.64. The van der Waals surface area contributed by atoms with Crippen molar-refractivity contribution in [2.75, 3.05) is 31.1 Å². The lowest BCUT2D eigenvalue weighted by atomic mass is 9.99. The Labute approximate surface area is 220 Å². The summed E-state index contributed by atoms with van der Waals surface area (Å²) >= 11 is 6.24. The molecule has 9 heteroatoms. The average molecular weight is 531 g/mol. The first kappa shape index (κ1) is 26.9. The minimum absolute atomic E-state index is 0.0924. The molecule has 0 aliphatic carbocycles. The maximum Gasteiger partial charge on any atom is 0.416 e. The molecule has 1 amide bonds. The summed E-state index contributed by atoms with van der Waals surface area (Å²) in [6, 6.07) is 12.4. The molecule has 2 heterocycles. The number of alkyl halides is 3. The van der Waals surface area contributed by atoms with Gasteiger partial charge in [-0.25, -0.2) is 9.97 Å². The molecule has 196 valence electrons. The predicted molar refractivity (Wildman–Crippen MR) is 139 cm³/mol. The molecule has 3 aromatic rings. The Bertz CT molecular complexity index is 1270. The van der Waals surface area contributed by atoms with E-state index < -0.39 is 11.7 Å². The van der Waals surface area contributed by atoms with Crippen LogP contribution in [0.5, 0.6) is 0 Å². The lowest BCUT2D eigenvalue weighted by molar-refractivity contribution is -0.137. The largest absolute Gasteiger partial charge is 0.416 e. The number of piperazine rings is 1. The van der Waals surface area contributed by atoms with Gasteiger partial charge in [0, 0.05) is 49.8 Å². The van der Waals surface area contributed by atoms with Crippen LogP contribution in [0.25, 0.3) is 0 Å². The highest BCUT2D eigenvalue weighted by molar-refractivity contribution is 6.33. The standard InChI is InChI=1S/C28H30ClF3N4O/c1-4-24-22(17-19-8-7-9-20(16-19)28(30,31)32)26(34-25(33-24)18(2)3)35-12-14-36(15-13-35)27(37)21-10-5-6-11-23(21)29/h5-11,16,18H,4,12-15,17H2,1-3H3. The van der Waals surface area contributed by atoms with Crippen molar-refractivity contribution in [3.05, 3.63) is 87.3 Å². The minimum atomic E-state index is -4.41. The molecule has 0 N–H and O–H groups in total. The van der Waals surface area contributed by atoms with Crippen molar-refractivity contribution in [1.29, 1.82) is 0 Å². The van der Waals surface area contributed by atoms with E-state index in [1.165, 1.54) is 12.1 Å². The Morgan fingerprint density at radius 2 is 1.73 bits per heavy atom. The minimum Gasteiger partial charge on any atom is -0.353 e. The third-order valence-corrected chi connectivity index (χ3v) is 6.87. The third kappa shape index (κ3) is 6.06. The second kappa shape index (κ2) is 11.1. The van der Waals surface area contributed by atoms with E-state index in [1.54, 1.807) is 35.2 Å². The number of rotatable bonds is 6. The predicted octanol–water partition coefficient (Wildman–Crippen LogP) is 6.39. The second-order valence-electron chi connectivity index (χ2n) is 9.47. The molecule has 1 aromatic heterocycles. The van der Waals surface area contributed by atoms with Gasteiger partial charge in [-0.05, 0) is 30.2 Å². The van der Waals surface area contributed by atoms with E-state index in [0.29, 0.717) is 61.0 Å². The Kier molecular flexibility index (Phi) is 8.07. The van der Waals surface area contributed by atoms with Crippen LogP contribution >= 0.6 is 11.6 Å². The van der Waals surface area contributed by atoms with E-state index in [1.807, 2.05) is 20.8 Å². The van der Waals surface area contributed by atoms with E-state index in [0.717, 1.165) is 23.1 Å². The molecule has 0 saturated carbocycles. The fourth-order valence-corrected chi connectivity index (χ4v) is 4.73. The lowest BCUT2D eigenvalue weighted by Gasteiger charge is -2.37. The van der Waals surface area contributed by atoms with Crippen molar-refractivity contribution < 1.29 is 18.0 Å². The number of halogens is 4. The van der Waals surface area contributed by atoms with Gasteiger partial charge in [-0.1, -0.05) is 62.7 Å². The summed E-state index contributed by atoms with van der Waals surface area (Å²) in [5.41, 5.74) is 2.02. The van der Waals surface area contributed by atoms with Crippen LogP contribution < -0.4 is 4.90 Å². The molecule has 37 heavy (non-hydrogen) atoms. The Morgan fingerprint density at radius 1 is 1.03 bits per heavy atom. The Hall–Kier alpha value is -3.13. The van der Waals surface area contributed by atoms with Crippen molar-refractivity contribution in [1.82, 2.24) is 14.9 Å². The monoisotopic (exact) mass is 530 g/mol. The van der Waals surface area contributed by atoms with Gasteiger partial charge in [0.1, 0.15) is 11.6 Å². The van der Waals surface area contributed by atoms with Gasteiger partial charge in [-0.3, -0.25) is 4.79 Å². The highest BCUT2D eigenvalue weighted by Crippen LogP contribution is 2.32. The molecule has 2 aromatic carbocycles. The van der Waals surface area contributed by atoms with Gasteiger partial charge < -0.3 is 9.80 Å². The summed E-state index contributed by atoms with van der Waals surface area (Å²) in [6.07, 6.45) is -3.48. The fourth-order valence-electron chi connectivity index (χ4n) is 4.52. The quantitative estimate of drug-likeness (QED) is 0.370. The molecule has 1 aliphatic heterocycles. The third-order valence-electron chi connectivity index (χ3n) is 6.55. The van der Waals surface area contributed by atoms with Crippen LogP contribution in [0.1, 0.15) is 65.3 Å². The van der Waals surface area contributed by atoms with E-state index in [-0.39, 0.29) is 11.8 Å². The molecule has 0 radical (unpaired) electrons. The summed E-state index contributed by atoms with van der Waals surface area (Å²) in [5, 5.41) is 0.420. The molecule has 1 fully saturated rings. The van der Waals surface area contributed by atoms with Crippen LogP contribution in [-0.2, 0) is 19.0 Å². The number of carbonyl (C=O) groups excluding carboxylic acids is 1. The van der Waals surface area contributed by atoms with Crippen molar-refractivity contribution in [3.63, 3.8) is 0 Å². The number of hydrogen-bond donors (Lipinski definition) is 0. The van der Waals surface area contributed by atoms with Crippen LogP contribution in [0.4, 0.5) is 19.0 Å². The van der Waals surface area contributed by atoms with E-state index >= 15 is 0 Å². The van der Waals surface area contributed by atoms with E-state index in [2.05, 4.69) is 4.90 Å². The smallest absolute Gasteiger partial charge is 0.353 e. The number of nitrogens with zero attached hydrogens (tertiary/aromatic N) is 4. The van der Waals surface area contributed by atoms with E-state index in [9.17, 15) is 18.0 Å². The average Bonchev–Trinajstić information content (AvgIpc) is 2.88. The van der Waals surface area contributed by atoms with Crippen molar-refractivity contribution in [2.45, 2.75) is 45.7 Å². The number of hydrogen-bond acceptors (Lipinski definition) is 4. The number of aromatic nitrogens is 2. The van der Waals surface area contributed by atoms with Gasteiger partial charge in [0.25, 0.3) is 5.91 Å². The zero-order valence-corrected chi connectivity index (χ0v) is 21.9. The maximum absolute atomic E-state index is 13.3. The summed E-state index contributed by atoms with van der Waals surface area (Å²) in [5.74, 6) is 1.41. The van der Waals surface area contributed by atoms with Crippen LogP contribution in [-0.4, -0.2) is 47.0 Å². The summed E-state index contributed by atoms with van der Waals surface area (Å²) in [6.45, 7) is 8.08. The highest BCUT2D eigenvalue weighted by Gasteiger charge is 2.31. The first-order chi connectivity index (χ1) is 17.6. The van der Waals surface area contributed by atoms with Gasteiger partial charge in [0.2, 0.25) is 0 Å². The van der Waals surface area contributed by atoms with Crippen molar-refractivity contribution >= 4 is 23.3 Å². The first-order valence-electron chi connectivity index (χ1n) is 12.4. The molecule has 0 atom stereocenters. The number of anilines is 1. The van der Waals surface area contributed by atoms with Crippen molar-refractivity contribution in [3.8, 4) is 0 Å². The Morgan fingerprint density at radius 3 is 2.35 bits per heavy atom. The topological polar surface area (TPSA) is 49.3 Å². The highest BCUT2D eigenvalue weighted by atomic mass is 35.5. The van der Waals surface area contributed by atoms with Gasteiger partial charge in [-0.15, -0.1) is 0 Å². The molecular formula is C28H30ClF3N4O. The van der Waals surface area contributed by atoms with Gasteiger partial charge in [0.05, 0.1) is 16.1 Å². The zero-order chi connectivity index (χ0) is 26.7. The zero-order valence-electron chi connectivity index (χ0n) is 21.1.